The van der Waals surface area contributed by atoms with Crippen LogP contribution in [0.1, 0.15) is 40.4 Å². The van der Waals surface area contributed by atoms with Crippen molar-refractivity contribution in [1.29, 1.82) is 0 Å². The van der Waals surface area contributed by atoms with Crippen molar-refractivity contribution in [1.82, 2.24) is 15.2 Å². The Bertz CT molecular complexity index is 1230. The molecule has 2 aliphatic carbocycles. The van der Waals surface area contributed by atoms with Gasteiger partial charge >= 0.3 is 0 Å². The maximum Gasteiger partial charge on any atom is 0.270 e. The summed E-state index contributed by atoms with van der Waals surface area (Å²) < 4.78 is 0. The standard InChI is InChI=1S/C26H24ClN3O2/c27-18-5-6-20-17(11-18)12-21-23(20)24(21)26(32)30-9-7-19(8-10-30)29-25(31)22-13-15-3-1-2-4-16(15)14-28-22/h1-6,11,13-14,19,21,23-24H,7-10,12H2,(H,29,31). The highest BCUT2D eigenvalue weighted by Gasteiger charge is 2.60. The Hall–Kier alpha value is -2.92. The summed E-state index contributed by atoms with van der Waals surface area (Å²) in [5, 5.41) is 5.91. The number of carbonyl (C=O) groups excluding carboxylic acids is 2. The molecule has 2 aromatic carbocycles. The first kappa shape index (κ1) is 19.7. The van der Waals surface area contributed by atoms with E-state index in [1.165, 1.54) is 11.1 Å². The number of likely N-dealkylation sites (tertiary alicyclic amines) is 1. The van der Waals surface area contributed by atoms with Crippen molar-refractivity contribution in [2.75, 3.05) is 13.1 Å². The topological polar surface area (TPSA) is 62.3 Å². The monoisotopic (exact) mass is 445 g/mol. The zero-order chi connectivity index (χ0) is 21.8. The number of nitrogens with one attached hydrogen (secondary N) is 1. The van der Waals surface area contributed by atoms with Crippen LogP contribution in [0.3, 0.4) is 0 Å². The second-order valence-electron chi connectivity index (χ2n) is 9.25. The molecule has 2 fully saturated rings. The van der Waals surface area contributed by atoms with Crippen LogP contribution in [-0.4, -0.2) is 40.8 Å². The van der Waals surface area contributed by atoms with Crippen molar-refractivity contribution >= 4 is 34.2 Å². The molecule has 6 heteroatoms. The van der Waals surface area contributed by atoms with Gasteiger partial charge in [0.15, 0.2) is 0 Å². The minimum Gasteiger partial charge on any atom is -0.348 e. The van der Waals surface area contributed by atoms with E-state index in [1.807, 2.05) is 47.4 Å². The number of nitrogens with zero attached hydrogens (tertiary/aromatic N) is 2. The minimum atomic E-state index is -0.146. The molecule has 1 N–H and O–H groups in total. The van der Waals surface area contributed by atoms with Gasteiger partial charge in [-0.2, -0.15) is 0 Å². The summed E-state index contributed by atoms with van der Waals surface area (Å²) in [4.78, 5) is 32.1. The van der Waals surface area contributed by atoms with Gasteiger partial charge in [-0.25, -0.2) is 0 Å². The number of hydrogen-bond acceptors (Lipinski definition) is 3. The van der Waals surface area contributed by atoms with Crippen molar-refractivity contribution in [3.8, 4) is 0 Å². The normalized spacial score (nSPS) is 24.2. The van der Waals surface area contributed by atoms with Gasteiger partial charge in [0.2, 0.25) is 5.91 Å². The van der Waals surface area contributed by atoms with Gasteiger partial charge < -0.3 is 10.2 Å². The predicted molar refractivity (Wildman–Crippen MR) is 124 cm³/mol. The maximum absolute atomic E-state index is 13.1. The predicted octanol–water partition coefficient (Wildman–Crippen LogP) is 4.19. The van der Waals surface area contributed by atoms with Gasteiger partial charge in [0.25, 0.3) is 5.91 Å². The summed E-state index contributed by atoms with van der Waals surface area (Å²) in [6, 6.07) is 15.9. The highest BCUT2D eigenvalue weighted by molar-refractivity contribution is 6.30. The lowest BCUT2D eigenvalue weighted by Gasteiger charge is -2.33. The zero-order valence-corrected chi connectivity index (χ0v) is 18.4. The number of amides is 2. The molecule has 0 radical (unpaired) electrons. The summed E-state index contributed by atoms with van der Waals surface area (Å²) in [6.07, 6.45) is 4.25. The Kier molecular flexibility index (Phi) is 4.68. The van der Waals surface area contributed by atoms with E-state index >= 15 is 0 Å². The molecule has 1 saturated carbocycles. The summed E-state index contributed by atoms with van der Waals surface area (Å²) in [7, 11) is 0. The van der Waals surface area contributed by atoms with Gasteiger partial charge in [-0.15, -0.1) is 0 Å². The molecule has 1 aliphatic heterocycles. The van der Waals surface area contributed by atoms with Crippen molar-refractivity contribution in [3.63, 3.8) is 0 Å². The second-order valence-corrected chi connectivity index (χ2v) is 9.69. The van der Waals surface area contributed by atoms with Crippen molar-refractivity contribution in [2.45, 2.75) is 31.2 Å². The van der Waals surface area contributed by atoms with E-state index in [9.17, 15) is 9.59 Å². The Labute approximate surface area is 191 Å². The third kappa shape index (κ3) is 3.36. The fourth-order valence-electron chi connectivity index (χ4n) is 5.64. The first-order chi connectivity index (χ1) is 15.6. The highest BCUT2D eigenvalue weighted by atomic mass is 35.5. The average Bonchev–Trinajstić information content (AvgIpc) is 3.40. The van der Waals surface area contributed by atoms with Gasteiger partial charge in [0, 0.05) is 41.7 Å². The number of fused-ring (bicyclic) bond motifs is 4. The van der Waals surface area contributed by atoms with E-state index < -0.39 is 0 Å². The van der Waals surface area contributed by atoms with E-state index in [0.717, 1.165) is 35.1 Å². The van der Waals surface area contributed by atoms with Crippen LogP contribution >= 0.6 is 11.6 Å². The Morgan fingerprint density at radius 1 is 1.03 bits per heavy atom. The molecule has 3 aliphatic rings. The lowest BCUT2D eigenvalue weighted by atomic mass is 10.00. The largest absolute Gasteiger partial charge is 0.348 e. The zero-order valence-electron chi connectivity index (χ0n) is 17.6. The van der Waals surface area contributed by atoms with Crippen LogP contribution in [0, 0.1) is 11.8 Å². The number of piperidine rings is 1. The number of halogens is 1. The fraction of sp³-hybridized carbons (Fsp3) is 0.346. The summed E-state index contributed by atoms with van der Waals surface area (Å²) >= 11 is 6.11. The van der Waals surface area contributed by atoms with E-state index in [2.05, 4.69) is 16.4 Å². The molecule has 3 aromatic rings. The molecule has 3 atom stereocenters. The summed E-state index contributed by atoms with van der Waals surface area (Å²) in [5.41, 5.74) is 3.05. The summed E-state index contributed by atoms with van der Waals surface area (Å²) in [5.74, 6) is 1.06. The summed E-state index contributed by atoms with van der Waals surface area (Å²) in [6.45, 7) is 1.39. The molecular formula is C26H24ClN3O2. The van der Waals surface area contributed by atoms with E-state index in [0.29, 0.717) is 30.6 Å². The molecule has 5 nitrogen and oxygen atoms in total. The molecule has 6 rings (SSSR count). The van der Waals surface area contributed by atoms with Crippen LogP contribution in [0.15, 0.2) is 54.7 Å². The van der Waals surface area contributed by atoms with Gasteiger partial charge in [-0.05, 0) is 65.8 Å². The molecule has 162 valence electrons. The minimum absolute atomic E-state index is 0.0707. The Morgan fingerprint density at radius 2 is 1.81 bits per heavy atom. The number of hydrogen-bond donors (Lipinski definition) is 1. The van der Waals surface area contributed by atoms with E-state index in [-0.39, 0.29) is 23.8 Å². The van der Waals surface area contributed by atoms with Crippen molar-refractivity contribution < 1.29 is 9.59 Å². The molecule has 1 saturated heterocycles. The smallest absolute Gasteiger partial charge is 0.270 e. The van der Waals surface area contributed by atoms with Crippen LogP contribution in [0.4, 0.5) is 0 Å². The van der Waals surface area contributed by atoms with Crippen LogP contribution in [0.25, 0.3) is 10.8 Å². The SMILES string of the molecule is O=C(NC1CCN(C(=O)C2C3Cc4cc(Cl)ccc4C32)CC1)c1cc2ccccc2cn1. The van der Waals surface area contributed by atoms with Gasteiger partial charge in [0.1, 0.15) is 5.69 Å². The van der Waals surface area contributed by atoms with E-state index in [4.69, 9.17) is 11.6 Å². The molecule has 3 unspecified atom stereocenters. The lowest BCUT2D eigenvalue weighted by Crippen LogP contribution is -2.47. The van der Waals surface area contributed by atoms with Gasteiger partial charge in [0.05, 0.1) is 0 Å². The van der Waals surface area contributed by atoms with Gasteiger partial charge in [-0.3, -0.25) is 14.6 Å². The Balaban J connectivity index is 1.05. The quantitative estimate of drug-likeness (QED) is 0.657. The van der Waals surface area contributed by atoms with Crippen LogP contribution in [0.5, 0.6) is 0 Å². The molecule has 2 amide bonds. The van der Waals surface area contributed by atoms with Crippen molar-refractivity contribution in [2.24, 2.45) is 11.8 Å². The van der Waals surface area contributed by atoms with Crippen LogP contribution in [-0.2, 0) is 11.2 Å². The third-order valence-corrected chi connectivity index (χ3v) is 7.61. The molecule has 32 heavy (non-hydrogen) atoms. The van der Waals surface area contributed by atoms with E-state index in [1.54, 1.807) is 6.20 Å². The number of aromatic nitrogens is 1. The average molecular weight is 446 g/mol. The maximum atomic E-state index is 13.1. The molecular weight excluding hydrogens is 422 g/mol. The molecule has 0 spiro atoms. The van der Waals surface area contributed by atoms with Crippen LogP contribution < -0.4 is 5.32 Å². The number of carbonyl (C=O) groups is 2. The van der Waals surface area contributed by atoms with Crippen molar-refractivity contribution in [3.05, 3.63) is 76.6 Å². The first-order valence-corrected chi connectivity index (χ1v) is 11.7. The molecule has 0 bridgehead atoms. The molecule has 1 aromatic heterocycles. The molecule has 2 heterocycles. The first-order valence-electron chi connectivity index (χ1n) is 11.3. The van der Waals surface area contributed by atoms with Crippen LogP contribution in [0.2, 0.25) is 5.02 Å². The fourth-order valence-corrected chi connectivity index (χ4v) is 5.84. The number of benzene rings is 2. The number of pyridine rings is 1. The lowest BCUT2D eigenvalue weighted by molar-refractivity contribution is -0.134. The second kappa shape index (κ2) is 7.59. The third-order valence-electron chi connectivity index (χ3n) is 7.38. The van der Waals surface area contributed by atoms with Gasteiger partial charge in [-0.1, -0.05) is 41.9 Å². The highest BCUT2D eigenvalue weighted by Crippen LogP contribution is 2.62. The Morgan fingerprint density at radius 3 is 2.62 bits per heavy atom. The number of rotatable bonds is 3.